The number of carbonyl (C=O) groups is 2. The molecule has 7 nitrogen and oxygen atoms in total. The maximum atomic E-state index is 13.1. The van der Waals surface area contributed by atoms with Gasteiger partial charge in [0.15, 0.2) is 0 Å². The lowest BCUT2D eigenvalue weighted by molar-refractivity contribution is -0.122. The molecule has 8 heteroatoms. The second kappa shape index (κ2) is 8.43. The fraction of sp³-hybridized carbons (Fsp3) is 0.391. The van der Waals surface area contributed by atoms with Crippen molar-refractivity contribution < 1.29 is 18.0 Å². The van der Waals surface area contributed by atoms with Gasteiger partial charge in [-0.3, -0.25) is 14.5 Å². The van der Waals surface area contributed by atoms with Crippen molar-refractivity contribution in [3.05, 3.63) is 53.6 Å². The molecule has 2 aromatic rings. The molecule has 0 saturated carbocycles. The van der Waals surface area contributed by atoms with Gasteiger partial charge in [-0.15, -0.1) is 0 Å². The Balaban J connectivity index is 1.61. The molecule has 1 atom stereocenters. The molecule has 0 aromatic heterocycles. The van der Waals surface area contributed by atoms with Gasteiger partial charge in [0, 0.05) is 37.8 Å². The number of hydrogen-bond donors (Lipinski definition) is 1. The van der Waals surface area contributed by atoms with Gasteiger partial charge in [-0.25, -0.2) is 8.42 Å². The molecule has 0 spiro atoms. The van der Waals surface area contributed by atoms with Crippen LogP contribution in [0.2, 0.25) is 0 Å². The molecule has 0 radical (unpaired) electrons. The molecule has 0 bridgehead atoms. The van der Waals surface area contributed by atoms with Crippen LogP contribution < -0.4 is 10.2 Å². The molecule has 2 aliphatic rings. The normalized spacial score (nSPS) is 19.2. The van der Waals surface area contributed by atoms with Gasteiger partial charge in [0.05, 0.1) is 4.90 Å². The van der Waals surface area contributed by atoms with Gasteiger partial charge in [0.25, 0.3) is 0 Å². The van der Waals surface area contributed by atoms with Gasteiger partial charge in [0.2, 0.25) is 21.8 Å². The van der Waals surface area contributed by atoms with E-state index in [1.807, 2.05) is 25.1 Å². The molecule has 4 rings (SSSR count). The van der Waals surface area contributed by atoms with Crippen LogP contribution in [-0.4, -0.2) is 43.7 Å². The smallest absolute Gasteiger partial charge is 0.247 e. The van der Waals surface area contributed by atoms with Crippen LogP contribution in [0.4, 0.5) is 11.4 Å². The lowest BCUT2D eigenvalue weighted by atomic mass is 10.1. The summed E-state index contributed by atoms with van der Waals surface area (Å²) in [6.07, 6.45) is 3.05. The highest BCUT2D eigenvalue weighted by atomic mass is 32.2. The van der Waals surface area contributed by atoms with Crippen molar-refractivity contribution in [1.29, 1.82) is 0 Å². The molecular formula is C23H27N3O4S. The zero-order valence-electron chi connectivity index (χ0n) is 17.8. The maximum Gasteiger partial charge on any atom is 0.247 e. The molecule has 0 aliphatic carbocycles. The number of nitrogens with one attached hydrogen (secondary N) is 1. The van der Waals surface area contributed by atoms with E-state index in [9.17, 15) is 18.0 Å². The fourth-order valence-electron chi connectivity index (χ4n) is 4.39. The fourth-order valence-corrected chi connectivity index (χ4v) is 5.96. The number of amides is 2. The predicted octanol–water partition coefficient (Wildman–Crippen LogP) is 3.09. The van der Waals surface area contributed by atoms with Gasteiger partial charge in [-0.2, -0.15) is 4.31 Å². The van der Waals surface area contributed by atoms with Crippen molar-refractivity contribution in [1.82, 2.24) is 4.31 Å². The number of sulfonamides is 1. The zero-order valence-corrected chi connectivity index (χ0v) is 18.6. The summed E-state index contributed by atoms with van der Waals surface area (Å²) in [4.78, 5) is 27.1. The third-order valence-electron chi connectivity index (χ3n) is 5.92. The minimum Gasteiger partial charge on any atom is -0.324 e. The number of nitrogens with zero attached hydrogens (tertiary/aromatic N) is 2. The van der Waals surface area contributed by atoms with Crippen molar-refractivity contribution in [3.63, 3.8) is 0 Å². The van der Waals surface area contributed by atoms with Crippen LogP contribution in [0.5, 0.6) is 0 Å². The first-order valence-electron chi connectivity index (χ1n) is 10.6. The Labute approximate surface area is 183 Å². The minimum absolute atomic E-state index is 0.219. The highest BCUT2D eigenvalue weighted by molar-refractivity contribution is 7.89. The SMILES string of the molecule is CC(=O)N1c2ccc(S(=O)(=O)N3CCCCC3)cc2C[C@@H]1C(=O)Nc1cccc(C)c1. The second-order valence-corrected chi connectivity index (χ2v) is 10.2. The molecule has 2 aliphatic heterocycles. The maximum absolute atomic E-state index is 13.1. The first-order chi connectivity index (χ1) is 14.8. The third kappa shape index (κ3) is 4.22. The van der Waals surface area contributed by atoms with E-state index in [4.69, 9.17) is 0 Å². The van der Waals surface area contributed by atoms with Crippen LogP contribution in [0, 0.1) is 6.92 Å². The summed E-state index contributed by atoms with van der Waals surface area (Å²) < 4.78 is 27.6. The predicted molar refractivity (Wildman–Crippen MR) is 120 cm³/mol. The van der Waals surface area contributed by atoms with E-state index >= 15 is 0 Å². The molecule has 1 saturated heterocycles. The van der Waals surface area contributed by atoms with Gasteiger partial charge in [-0.1, -0.05) is 18.6 Å². The third-order valence-corrected chi connectivity index (χ3v) is 7.81. The highest BCUT2D eigenvalue weighted by Gasteiger charge is 2.38. The van der Waals surface area contributed by atoms with Crippen molar-refractivity contribution >= 4 is 33.2 Å². The first kappa shape index (κ1) is 21.5. The van der Waals surface area contributed by atoms with Crippen molar-refractivity contribution in [2.75, 3.05) is 23.3 Å². The minimum atomic E-state index is -3.58. The number of hydrogen-bond acceptors (Lipinski definition) is 4. The zero-order chi connectivity index (χ0) is 22.2. The molecule has 2 aromatic carbocycles. The molecule has 2 amide bonds. The van der Waals surface area contributed by atoms with E-state index in [0.717, 1.165) is 24.8 Å². The molecule has 164 valence electrons. The van der Waals surface area contributed by atoms with Crippen molar-refractivity contribution in [3.8, 4) is 0 Å². The Kier molecular flexibility index (Phi) is 5.85. The summed E-state index contributed by atoms with van der Waals surface area (Å²) in [6, 6.07) is 11.5. The average Bonchev–Trinajstić information content (AvgIpc) is 3.13. The molecule has 2 heterocycles. The lowest BCUT2D eigenvalue weighted by Crippen LogP contribution is -2.44. The number of piperidine rings is 1. The van der Waals surface area contributed by atoms with E-state index in [1.54, 1.807) is 24.3 Å². The van der Waals surface area contributed by atoms with Crippen molar-refractivity contribution in [2.24, 2.45) is 0 Å². The topological polar surface area (TPSA) is 86.8 Å². The summed E-state index contributed by atoms with van der Waals surface area (Å²) in [7, 11) is -3.58. The summed E-state index contributed by atoms with van der Waals surface area (Å²) in [6.45, 7) is 4.41. The number of aryl methyl sites for hydroxylation is 1. The number of anilines is 2. The quantitative estimate of drug-likeness (QED) is 0.790. The van der Waals surface area contributed by atoms with E-state index in [2.05, 4.69) is 5.32 Å². The van der Waals surface area contributed by atoms with E-state index < -0.39 is 16.1 Å². The molecular weight excluding hydrogens is 414 g/mol. The summed E-state index contributed by atoms with van der Waals surface area (Å²) in [5.74, 6) is -0.549. The van der Waals surface area contributed by atoms with Gasteiger partial charge in [-0.05, 0) is 61.2 Å². The summed E-state index contributed by atoms with van der Waals surface area (Å²) in [5.41, 5.74) is 2.97. The number of fused-ring (bicyclic) bond motifs is 1. The van der Waals surface area contributed by atoms with E-state index in [-0.39, 0.29) is 23.1 Å². The van der Waals surface area contributed by atoms with Crippen molar-refractivity contribution in [2.45, 2.75) is 50.5 Å². The van der Waals surface area contributed by atoms with Crippen LogP contribution >= 0.6 is 0 Å². The monoisotopic (exact) mass is 441 g/mol. The lowest BCUT2D eigenvalue weighted by Gasteiger charge is -2.26. The summed E-state index contributed by atoms with van der Waals surface area (Å²) in [5, 5.41) is 2.88. The number of carbonyl (C=O) groups excluding carboxylic acids is 2. The number of rotatable bonds is 4. The van der Waals surface area contributed by atoms with Crippen LogP contribution in [0.1, 0.15) is 37.3 Å². The largest absolute Gasteiger partial charge is 0.324 e. The Hall–Kier alpha value is -2.71. The van der Waals surface area contributed by atoms with Gasteiger partial charge >= 0.3 is 0 Å². The second-order valence-electron chi connectivity index (χ2n) is 8.22. The highest BCUT2D eigenvalue weighted by Crippen LogP contribution is 2.35. The first-order valence-corrected chi connectivity index (χ1v) is 12.0. The van der Waals surface area contributed by atoms with E-state index in [1.165, 1.54) is 16.1 Å². The van der Waals surface area contributed by atoms with Crippen LogP contribution in [-0.2, 0) is 26.0 Å². The molecule has 1 N–H and O–H groups in total. The number of benzene rings is 2. The Bertz CT molecular complexity index is 1120. The van der Waals surface area contributed by atoms with Gasteiger partial charge in [0.1, 0.15) is 6.04 Å². The average molecular weight is 442 g/mol. The Morgan fingerprint density at radius 1 is 1.03 bits per heavy atom. The summed E-state index contributed by atoms with van der Waals surface area (Å²) >= 11 is 0. The Morgan fingerprint density at radius 3 is 2.45 bits per heavy atom. The van der Waals surface area contributed by atoms with Crippen LogP contribution in [0.15, 0.2) is 47.4 Å². The molecule has 0 unspecified atom stereocenters. The molecule has 1 fully saturated rings. The van der Waals surface area contributed by atoms with Crippen LogP contribution in [0.25, 0.3) is 0 Å². The standard InChI is InChI=1S/C23H27N3O4S/c1-16-7-6-8-19(13-16)24-23(28)22-15-18-14-20(9-10-21(18)26(22)17(2)27)31(29,30)25-11-4-3-5-12-25/h6-10,13-14,22H,3-5,11-12,15H2,1-2H3,(H,24,28)/t22-/m1/s1. The van der Waals surface area contributed by atoms with E-state index in [0.29, 0.717) is 30.0 Å². The Morgan fingerprint density at radius 2 is 1.77 bits per heavy atom. The van der Waals surface area contributed by atoms with Gasteiger partial charge < -0.3 is 5.32 Å². The van der Waals surface area contributed by atoms with Crippen LogP contribution in [0.3, 0.4) is 0 Å². The molecule has 31 heavy (non-hydrogen) atoms.